The van der Waals surface area contributed by atoms with Gasteiger partial charge in [0.2, 0.25) is 0 Å². The van der Waals surface area contributed by atoms with Gasteiger partial charge in [0.25, 0.3) is 0 Å². The zero-order valence-electron chi connectivity index (χ0n) is 12.5. The van der Waals surface area contributed by atoms with Gasteiger partial charge in [-0.3, -0.25) is 0 Å². The summed E-state index contributed by atoms with van der Waals surface area (Å²) in [4.78, 5) is 0. The van der Waals surface area contributed by atoms with E-state index in [-0.39, 0.29) is 11.2 Å². The monoisotopic (exact) mass is 262 g/mol. The molecule has 0 aromatic carbocycles. The van der Waals surface area contributed by atoms with E-state index >= 15 is 0 Å². The maximum Gasteiger partial charge on any atom is 0.174 e. The Balaban J connectivity index is 1.98. The molecule has 1 heterocycles. The van der Waals surface area contributed by atoms with Crippen LogP contribution >= 0.6 is 0 Å². The summed E-state index contributed by atoms with van der Waals surface area (Å²) in [6, 6.07) is 0. The summed E-state index contributed by atoms with van der Waals surface area (Å²) < 4.78 is 12.4. The first-order valence-electron chi connectivity index (χ1n) is 7.56. The Labute approximate surface area is 116 Å². The van der Waals surface area contributed by atoms with Gasteiger partial charge in [0.1, 0.15) is 0 Å². The van der Waals surface area contributed by atoms with Gasteiger partial charge >= 0.3 is 0 Å². The van der Waals surface area contributed by atoms with Gasteiger partial charge in [0, 0.05) is 11.8 Å². The van der Waals surface area contributed by atoms with Crippen molar-refractivity contribution in [2.24, 2.45) is 17.3 Å². The lowest BCUT2D eigenvalue weighted by Gasteiger charge is -2.56. The summed E-state index contributed by atoms with van der Waals surface area (Å²) in [7, 11) is 0. The van der Waals surface area contributed by atoms with E-state index in [4.69, 9.17) is 9.47 Å². The van der Waals surface area contributed by atoms with Gasteiger partial charge in [-0.05, 0) is 44.9 Å². The van der Waals surface area contributed by atoms with Gasteiger partial charge < -0.3 is 9.47 Å². The fourth-order valence-corrected chi connectivity index (χ4v) is 4.32. The largest absolute Gasteiger partial charge is 0.347 e. The van der Waals surface area contributed by atoms with Crippen LogP contribution in [0.2, 0.25) is 0 Å². The van der Waals surface area contributed by atoms with Gasteiger partial charge in [-0.25, -0.2) is 0 Å². The molecule has 0 aromatic rings. The standard InChI is InChI=1S/C17H26O2/c1-12(2)14-10-15-9-13(3)5-6-16(15,4)17(11-14)18-7-8-19-17/h5,14-15H,1,6-11H2,2-4H3/t14-,15-,16-/m0/s1. The van der Waals surface area contributed by atoms with Crippen LogP contribution in [-0.4, -0.2) is 19.0 Å². The van der Waals surface area contributed by atoms with E-state index in [0.29, 0.717) is 11.8 Å². The second kappa shape index (κ2) is 4.46. The van der Waals surface area contributed by atoms with Crippen LogP contribution in [0.15, 0.2) is 23.8 Å². The molecule has 0 amide bonds. The third kappa shape index (κ3) is 1.92. The second-order valence-corrected chi connectivity index (χ2v) is 7.01. The van der Waals surface area contributed by atoms with E-state index in [2.05, 4.69) is 33.4 Å². The minimum absolute atomic E-state index is 0.134. The molecule has 2 heteroatoms. The Bertz CT molecular complexity index is 417. The van der Waals surface area contributed by atoms with Gasteiger partial charge in [-0.15, -0.1) is 0 Å². The molecule has 0 aromatic heterocycles. The predicted molar refractivity (Wildman–Crippen MR) is 76.8 cm³/mol. The highest BCUT2D eigenvalue weighted by atomic mass is 16.7. The Morgan fingerprint density at radius 1 is 1.37 bits per heavy atom. The first-order valence-corrected chi connectivity index (χ1v) is 7.56. The number of ether oxygens (including phenoxy) is 2. The fourth-order valence-electron chi connectivity index (χ4n) is 4.32. The third-order valence-corrected chi connectivity index (χ3v) is 5.75. The van der Waals surface area contributed by atoms with Gasteiger partial charge in [-0.2, -0.15) is 0 Å². The molecule has 0 bridgehead atoms. The number of fused-ring (bicyclic) bond motifs is 2. The first-order chi connectivity index (χ1) is 8.97. The number of rotatable bonds is 1. The van der Waals surface area contributed by atoms with Crippen LogP contribution in [0.1, 0.15) is 46.5 Å². The van der Waals surface area contributed by atoms with Gasteiger partial charge in [0.15, 0.2) is 5.79 Å². The maximum atomic E-state index is 6.18. The van der Waals surface area contributed by atoms with E-state index in [1.807, 2.05) is 0 Å². The van der Waals surface area contributed by atoms with E-state index in [0.717, 1.165) is 26.1 Å². The Morgan fingerprint density at radius 2 is 2.05 bits per heavy atom. The Morgan fingerprint density at radius 3 is 2.68 bits per heavy atom. The molecule has 0 N–H and O–H groups in total. The molecule has 106 valence electrons. The molecule has 3 rings (SSSR count). The molecular formula is C17H26O2. The highest BCUT2D eigenvalue weighted by Gasteiger charge is 2.60. The van der Waals surface area contributed by atoms with Gasteiger partial charge in [-0.1, -0.05) is 30.7 Å². The summed E-state index contributed by atoms with van der Waals surface area (Å²) in [6.45, 7) is 12.5. The zero-order chi connectivity index (χ0) is 13.7. The summed E-state index contributed by atoms with van der Waals surface area (Å²) in [5.41, 5.74) is 2.94. The highest BCUT2D eigenvalue weighted by Crippen LogP contribution is 2.60. The average molecular weight is 262 g/mol. The highest BCUT2D eigenvalue weighted by molar-refractivity contribution is 5.18. The van der Waals surface area contributed by atoms with Crippen molar-refractivity contribution in [2.45, 2.75) is 52.2 Å². The molecule has 19 heavy (non-hydrogen) atoms. The topological polar surface area (TPSA) is 18.5 Å². The van der Waals surface area contributed by atoms with Crippen LogP contribution in [-0.2, 0) is 9.47 Å². The van der Waals surface area contributed by atoms with Crippen molar-refractivity contribution in [2.75, 3.05) is 13.2 Å². The molecule has 0 radical (unpaired) electrons. The first kappa shape index (κ1) is 13.4. The molecule has 3 atom stereocenters. The van der Waals surface area contributed by atoms with Gasteiger partial charge in [0.05, 0.1) is 13.2 Å². The molecule has 2 nitrogen and oxygen atoms in total. The van der Waals surface area contributed by atoms with Crippen LogP contribution in [0.5, 0.6) is 0 Å². The van der Waals surface area contributed by atoms with Crippen molar-refractivity contribution in [3.63, 3.8) is 0 Å². The predicted octanol–water partition coefficient (Wildman–Crippen LogP) is 4.08. The van der Waals surface area contributed by atoms with Crippen LogP contribution in [0, 0.1) is 17.3 Å². The molecule has 1 saturated carbocycles. The summed E-state index contributed by atoms with van der Waals surface area (Å²) in [5, 5.41) is 0. The molecule has 2 fully saturated rings. The number of hydrogen-bond acceptors (Lipinski definition) is 2. The Kier molecular flexibility index (Phi) is 3.14. The molecule has 1 aliphatic heterocycles. The van der Waals surface area contributed by atoms with Crippen molar-refractivity contribution in [1.82, 2.24) is 0 Å². The lowest BCUT2D eigenvalue weighted by Crippen LogP contribution is -2.57. The van der Waals surface area contributed by atoms with Crippen molar-refractivity contribution >= 4 is 0 Å². The Hall–Kier alpha value is -0.600. The van der Waals surface area contributed by atoms with Crippen LogP contribution < -0.4 is 0 Å². The summed E-state index contributed by atoms with van der Waals surface area (Å²) in [6.07, 6.45) is 6.90. The molecule has 0 unspecified atom stereocenters. The minimum atomic E-state index is -0.364. The molecule has 1 spiro atoms. The smallest absolute Gasteiger partial charge is 0.174 e. The lowest BCUT2D eigenvalue weighted by molar-refractivity contribution is -0.275. The van der Waals surface area contributed by atoms with E-state index in [1.165, 1.54) is 24.0 Å². The molecule has 1 saturated heterocycles. The molecular weight excluding hydrogens is 236 g/mol. The SMILES string of the molecule is C=C(C)[C@H]1C[C@@H]2CC(C)=CC[C@]2(C)C2(C1)OCCO2. The van der Waals surface area contributed by atoms with Crippen LogP contribution in [0.25, 0.3) is 0 Å². The van der Waals surface area contributed by atoms with E-state index in [9.17, 15) is 0 Å². The molecule has 3 aliphatic rings. The van der Waals surface area contributed by atoms with Crippen molar-refractivity contribution in [3.05, 3.63) is 23.8 Å². The van der Waals surface area contributed by atoms with Crippen molar-refractivity contribution in [1.29, 1.82) is 0 Å². The second-order valence-electron chi connectivity index (χ2n) is 7.01. The normalized spacial score (nSPS) is 40.9. The van der Waals surface area contributed by atoms with E-state index < -0.39 is 0 Å². The lowest BCUT2D eigenvalue weighted by atomic mass is 9.55. The van der Waals surface area contributed by atoms with Crippen LogP contribution in [0.3, 0.4) is 0 Å². The minimum Gasteiger partial charge on any atom is -0.347 e. The van der Waals surface area contributed by atoms with Crippen molar-refractivity contribution < 1.29 is 9.47 Å². The average Bonchev–Trinajstić information content (AvgIpc) is 2.82. The number of allylic oxidation sites excluding steroid dienone is 3. The van der Waals surface area contributed by atoms with E-state index in [1.54, 1.807) is 0 Å². The quantitative estimate of drug-likeness (QED) is 0.663. The zero-order valence-corrected chi connectivity index (χ0v) is 12.5. The summed E-state index contributed by atoms with van der Waals surface area (Å²) in [5.74, 6) is 0.838. The third-order valence-electron chi connectivity index (χ3n) is 5.75. The number of hydrogen-bond donors (Lipinski definition) is 0. The summed E-state index contributed by atoms with van der Waals surface area (Å²) >= 11 is 0. The maximum absolute atomic E-state index is 6.18. The van der Waals surface area contributed by atoms with Crippen molar-refractivity contribution in [3.8, 4) is 0 Å². The molecule has 2 aliphatic carbocycles. The fraction of sp³-hybridized carbons (Fsp3) is 0.765. The van der Waals surface area contributed by atoms with Crippen LogP contribution in [0.4, 0.5) is 0 Å².